The molecule has 0 unspecified atom stereocenters. The second-order valence-corrected chi connectivity index (χ2v) is 7.53. The van der Waals surface area contributed by atoms with Crippen molar-refractivity contribution in [1.29, 1.82) is 5.26 Å². The van der Waals surface area contributed by atoms with Crippen molar-refractivity contribution in [2.45, 2.75) is 52.0 Å². The summed E-state index contributed by atoms with van der Waals surface area (Å²) in [6, 6.07) is 10.4. The Morgan fingerprint density at radius 2 is 1.96 bits per heavy atom. The number of carbonyl (C=O) groups excluding carboxylic acids is 1. The summed E-state index contributed by atoms with van der Waals surface area (Å²) in [7, 11) is 0. The van der Waals surface area contributed by atoms with E-state index in [1.807, 2.05) is 39.0 Å². The Morgan fingerprint density at radius 1 is 1.33 bits per heavy atom. The lowest BCUT2D eigenvalue weighted by atomic mass is 9.69. The topological polar surface area (TPSA) is 79.3 Å². The highest BCUT2D eigenvalue weighted by molar-refractivity contribution is 5.75. The monoisotopic (exact) mass is 329 g/mol. The van der Waals surface area contributed by atoms with Crippen LogP contribution in [0.25, 0.3) is 0 Å². The van der Waals surface area contributed by atoms with Gasteiger partial charge in [0.05, 0.1) is 11.5 Å². The van der Waals surface area contributed by atoms with Crippen LogP contribution in [0.15, 0.2) is 24.3 Å². The van der Waals surface area contributed by atoms with E-state index >= 15 is 0 Å². The summed E-state index contributed by atoms with van der Waals surface area (Å²) in [6.45, 7) is 7.25. The molecule has 0 radical (unpaired) electrons. The van der Waals surface area contributed by atoms with Gasteiger partial charge in [-0.05, 0) is 44.7 Å². The van der Waals surface area contributed by atoms with Gasteiger partial charge in [0.25, 0.3) is 0 Å². The van der Waals surface area contributed by atoms with Crippen molar-refractivity contribution < 1.29 is 9.63 Å². The largest absolute Gasteiger partial charge is 0.367 e. The number of nitrogens with two attached hydrogens (primary N) is 1. The zero-order valence-electron chi connectivity index (χ0n) is 14.8. The Balaban J connectivity index is 2.15. The Morgan fingerprint density at radius 3 is 2.50 bits per heavy atom. The number of hydroxylamine groups is 2. The van der Waals surface area contributed by atoms with Gasteiger partial charge >= 0.3 is 5.97 Å². The molecule has 0 aromatic heterocycles. The first-order valence-corrected chi connectivity index (χ1v) is 8.45. The molecule has 2 rings (SSSR count). The van der Waals surface area contributed by atoms with Crippen LogP contribution in [0.2, 0.25) is 0 Å². The van der Waals surface area contributed by atoms with E-state index in [9.17, 15) is 10.1 Å². The van der Waals surface area contributed by atoms with Crippen molar-refractivity contribution in [3.05, 3.63) is 35.4 Å². The second kappa shape index (κ2) is 7.33. The van der Waals surface area contributed by atoms with Gasteiger partial charge in [-0.3, -0.25) is 0 Å². The fourth-order valence-corrected chi connectivity index (χ4v) is 3.17. The van der Waals surface area contributed by atoms with E-state index in [2.05, 4.69) is 12.1 Å². The number of hydrogen-bond donors (Lipinski definition) is 1. The number of rotatable bonds is 4. The molecule has 5 nitrogen and oxygen atoms in total. The summed E-state index contributed by atoms with van der Waals surface area (Å²) in [5.74, 6) is -0.224. The third-order valence-corrected chi connectivity index (χ3v) is 4.73. The van der Waals surface area contributed by atoms with Gasteiger partial charge in [-0.2, -0.15) is 5.26 Å². The van der Waals surface area contributed by atoms with Crippen molar-refractivity contribution in [2.75, 3.05) is 13.1 Å². The van der Waals surface area contributed by atoms with Gasteiger partial charge in [0.1, 0.15) is 0 Å². The summed E-state index contributed by atoms with van der Waals surface area (Å²) < 4.78 is 0. The summed E-state index contributed by atoms with van der Waals surface area (Å²) in [4.78, 5) is 17.6. The lowest BCUT2D eigenvalue weighted by Crippen LogP contribution is -2.45. The molecule has 5 heteroatoms. The molecule has 0 atom stereocenters. The maximum Gasteiger partial charge on any atom is 0.330 e. The molecule has 1 heterocycles. The molecule has 0 aliphatic carbocycles. The highest BCUT2D eigenvalue weighted by Gasteiger charge is 2.39. The van der Waals surface area contributed by atoms with Crippen LogP contribution in [-0.2, 0) is 21.6 Å². The fourth-order valence-electron chi connectivity index (χ4n) is 3.17. The van der Waals surface area contributed by atoms with E-state index in [-0.39, 0.29) is 11.4 Å². The summed E-state index contributed by atoms with van der Waals surface area (Å²) >= 11 is 0. The first-order chi connectivity index (χ1) is 11.3. The van der Waals surface area contributed by atoms with Crippen molar-refractivity contribution >= 4 is 5.97 Å². The van der Waals surface area contributed by atoms with Crippen molar-refractivity contribution in [2.24, 2.45) is 11.1 Å². The average Bonchev–Trinajstić information content (AvgIpc) is 2.56. The number of carbonyl (C=O) groups is 1. The third-order valence-electron chi connectivity index (χ3n) is 4.73. The average molecular weight is 329 g/mol. The van der Waals surface area contributed by atoms with E-state index in [4.69, 9.17) is 10.6 Å². The van der Waals surface area contributed by atoms with E-state index in [1.165, 1.54) is 0 Å². The van der Waals surface area contributed by atoms with Crippen LogP contribution in [0.1, 0.15) is 51.2 Å². The second-order valence-electron chi connectivity index (χ2n) is 7.53. The fraction of sp³-hybridized carbons (Fsp3) is 0.579. The van der Waals surface area contributed by atoms with Gasteiger partial charge in [-0.1, -0.05) is 24.3 Å². The van der Waals surface area contributed by atoms with Crippen LogP contribution >= 0.6 is 0 Å². The molecule has 1 aliphatic heterocycles. The van der Waals surface area contributed by atoms with E-state index < -0.39 is 5.41 Å². The van der Waals surface area contributed by atoms with Gasteiger partial charge in [0, 0.05) is 31.5 Å². The molecular formula is C19H27N3O2. The first kappa shape index (κ1) is 18.4. The van der Waals surface area contributed by atoms with E-state index in [0.29, 0.717) is 26.1 Å². The maximum atomic E-state index is 12.1. The maximum absolute atomic E-state index is 12.1. The molecule has 1 saturated heterocycles. The molecule has 1 fully saturated rings. The smallest absolute Gasteiger partial charge is 0.330 e. The molecule has 1 aromatic rings. The minimum absolute atomic E-state index is 0.213. The third kappa shape index (κ3) is 3.95. The van der Waals surface area contributed by atoms with Crippen molar-refractivity contribution in [3.8, 4) is 6.07 Å². The molecule has 130 valence electrons. The van der Waals surface area contributed by atoms with Crippen LogP contribution in [-0.4, -0.2) is 24.1 Å². The number of nitriles is 1. The first-order valence-electron chi connectivity index (χ1n) is 8.45. The van der Waals surface area contributed by atoms with E-state index in [0.717, 1.165) is 24.0 Å². The zero-order chi connectivity index (χ0) is 17.8. The molecule has 0 spiro atoms. The normalized spacial score (nSPS) is 18.0. The molecule has 2 N–H and O–H groups in total. The van der Waals surface area contributed by atoms with Gasteiger partial charge in [0.15, 0.2) is 0 Å². The summed E-state index contributed by atoms with van der Waals surface area (Å²) in [5, 5.41) is 11.1. The van der Waals surface area contributed by atoms with E-state index in [1.54, 1.807) is 5.06 Å². The lowest BCUT2D eigenvalue weighted by molar-refractivity contribution is -0.207. The SMILES string of the molecule is CC(C)(C)C(=O)ON1CCC(CC#N)(c2ccccc2CN)CC1. The quantitative estimate of drug-likeness (QED) is 0.919. The van der Waals surface area contributed by atoms with Crippen molar-refractivity contribution in [1.82, 2.24) is 5.06 Å². The number of benzene rings is 1. The standard InChI is InChI=1S/C19H27N3O2/c1-18(2,3)17(23)24-22-12-9-19(8-11-20,10-13-22)16-7-5-4-6-15(16)14-21/h4-7H,8-10,12-14,21H2,1-3H3. The van der Waals surface area contributed by atoms with Gasteiger partial charge in [-0.15, -0.1) is 5.06 Å². The number of nitrogens with zero attached hydrogens (tertiary/aromatic N) is 2. The van der Waals surface area contributed by atoms with Crippen LogP contribution < -0.4 is 5.73 Å². The molecule has 24 heavy (non-hydrogen) atoms. The number of piperidine rings is 1. The minimum atomic E-state index is -0.520. The Hall–Kier alpha value is -1.90. The van der Waals surface area contributed by atoms with Crippen LogP contribution in [0.4, 0.5) is 0 Å². The Bertz CT molecular complexity index is 620. The predicted molar refractivity (Wildman–Crippen MR) is 92.6 cm³/mol. The minimum Gasteiger partial charge on any atom is -0.367 e. The summed E-state index contributed by atoms with van der Waals surface area (Å²) in [6.07, 6.45) is 2.00. The molecule has 0 saturated carbocycles. The molecular weight excluding hydrogens is 302 g/mol. The molecule has 0 amide bonds. The Kier molecular flexibility index (Phi) is 5.63. The lowest BCUT2D eigenvalue weighted by Gasteiger charge is -2.41. The number of hydrogen-bond acceptors (Lipinski definition) is 5. The molecule has 1 aliphatic rings. The highest BCUT2D eigenvalue weighted by Crippen LogP contribution is 2.40. The highest BCUT2D eigenvalue weighted by atomic mass is 16.7. The zero-order valence-corrected chi connectivity index (χ0v) is 14.8. The van der Waals surface area contributed by atoms with Crippen molar-refractivity contribution in [3.63, 3.8) is 0 Å². The van der Waals surface area contributed by atoms with Crippen LogP contribution in [0.5, 0.6) is 0 Å². The predicted octanol–water partition coefficient (Wildman–Crippen LogP) is 2.90. The van der Waals surface area contributed by atoms with Crippen LogP contribution in [0, 0.1) is 16.7 Å². The van der Waals surface area contributed by atoms with Gasteiger partial charge < -0.3 is 10.6 Å². The van der Waals surface area contributed by atoms with Gasteiger partial charge in [0.2, 0.25) is 0 Å². The van der Waals surface area contributed by atoms with Crippen LogP contribution in [0.3, 0.4) is 0 Å². The van der Waals surface area contributed by atoms with Gasteiger partial charge in [-0.25, -0.2) is 4.79 Å². The Labute approximate surface area is 144 Å². The summed E-state index contributed by atoms with van der Waals surface area (Å²) in [5.41, 5.74) is 7.41. The molecule has 1 aromatic carbocycles. The molecule has 0 bridgehead atoms.